The lowest BCUT2D eigenvalue weighted by atomic mass is 10.2. The molecule has 0 spiro atoms. The van der Waals surface area contributed by atoms with Crippen molar-refractivity contribution in [1.82, 2.24) is 24.8 Å². The number of carbonyl (C=O) groups excluding carboxylic acids is 1. The van der Waals surface area contributed by atoms with Gasteiger partial charge in [-0.25, -0.2) is 4.79 Å². The molecule has 0 saturated carbocycles. The summed E-state index contributed by atoms with van der Waals surface area (Å²) in [4.78, 5) is 14.0. The Kier molecular flexibility index (Phi) is 4.23. The van der Waals surface area contributed by atoms with E-state index in [-0.39, 0.29) is 12.1 Å². The highest BCUT2D eigenvalue weighted by atomic mass is 16.2. The Labute approximate surface area is 134 Å². The number of aromatic nitrogens is 3. The van der Waals surface area contributed by atoms with Crippen molar-refractivity contribution in [3.8, 4) is 0 Å². The van der Waals surface area contributed by atoms with Crippen LogP contribution in [0.3, 0.4) is 0 Å². The van der Waals surface area contributed by atoms with Gasteiger partial charge in [-0.05, 0) is 24.6 Å². The third-order valence-electron chi connectivity index (χ3n) is 3.68. The van der Waals surface area contributed by atoms with E-state index in [0.717, 1.165) is 11.2 Å². The van der Waals surface area contributed by atoms with Crippen LogP contribution in [0.15, 0.2) is 54.7 Å². The van der Waals surface area contributed by atoms with E-state index in [4.69, 9.17) is 0 Å². The first-order valence-electron chi connectivity index (χ1n) is 7.50. The van der Waals surface area contributed by atoms with Gasteiger partial charge in [0.1, 0.15) is 0 Å². The van der Waals surface area contributed by atoms with Crippen molar-refractivity contribution in [2.24, 2.45) is 0 Å². The molecule has 6 nitrogen and oxygen atoms in total. The molecule has 0 radical (unpaired) electrons. The van der Waals surface area contributed by atoms with E-state index >= 15 is 0 Å². The van der Waals surface area contributed by atoms with Crippen molar-refractivity contribution in [2.45, 2.75) is 19.5 Å². The second kappa shape index (κ2) is 6.48. The maximum Gasteiger partial charge on any atom is 0.318 e. The lowest BCUT2D eigenvalue weighted by molar-refractivity contribution is 0.203. The molecule has 0 saturated heterocycles. The number of fused-ring (bicyclic) bond motifs is 1. The summed E-state index contributed by atoms with van der Waals surface area (Å²) in [6.07, 6.45) is 1.89. The minimum atomic E-state index is -0.238. The Bertz CT molecular complexity index is 799. The average molecular weight is 309 g/mol. The zero-order valence-electron chi connectivity index (χ0n) is 13.2. The van der Waals surface area contributed by atoms with Crippen LogP contribution in [0.4, 0.5) is 4.79 Å². The molecular formula is C17H19N5O. The molecule has 1 unspecified atom stereocenters. The fraction of sp³-hybridized carbons (Fsp3) is 0.235. The third kappa shape index (κ3) is 3.31. The van der Waals surface area contributed by atoms with Gasteiger partial charge in [0.05, 0.1) is 6.04 Å². The predicted octanol–water partition coefficient (Wildman–Crippen LogP) is 2.63. The van der Waals surface area contributed by atoms with E-state index in [2.05, 4.69) is 15.5 Å². The summed E-state index contributed by atoms with van der Waals surface area (Å²) in [6, 6.07) is 15.2. The fourth-order valence-electron chi connectivity index (χ4n) is 2.44. The van der Waals surface area contributed by atoms with Crippen molar-refractivity contribution in [2.75, 3.05) is 7.05 Å². The number of urea groups is 1. The Morgan fingerprint density at radius 2 is 1.91 bits per heavy atom. The van der Waals surface area contributed by atoms with Crippen LogP contribution in [0, 0.1) is 0 Å². The lowest BCUT2D eigenvalue weighted by Crippen LogP contribution is -2.38. The average Bonchev–Trinajstić information content (AvgIpc) is 2.99. The zero-order chi connectivity index (χ0) is 16.2. The van der Waals surface area contributed by atoms with Crippen LogP contribution in [-0.4, -0.2) is 32.6 Å². The first kappa shape index (κ1) is 15.0. The number of hydrogen-bond donors (Lipinski definition) is 1. The van der Waals surface area contributed by atoms with Crippen LogP contribution in [-0.2, 0) is 6.54 Å². The number of rotatable bonds is 4. The van der Waals surface area contributed by atoms with Gasteiger partial charge in [-0.1, -0.05) is 36.4 Å². The monoisotopic (exact) mass is 309 g/mol. The van der Waals surface area contributed by atoms with Gasteiger partial charge in [-0.2, -0.15) is 0 Å². The van der Waals surface area contributed by atoms with Gasteiger partial charge in [-0.15, -0.1) is 10.2 Å². The quantitative estimate of drug-likeness (QED) is 0.806. The van der Waals surface area contributed by atoms with E-state index in [9.17, 15) is 4.79 Å². The molecule has 1 atom stereocenters. The summed E-state index contributed by atoms with van der Waals surface area (Å²) in [5, 5.41) is 11.2. The summed E-state index contributed by atoms with van der Waals surface area (Å²) < 4.78 is 1.88. The highest BCUT2D eigenvalue weighted by Crippen LogP contribution is 2.12. The van der Waals surface area contributed by atoms with Crippen molar-refractivity contribution >= 4 is 11.7 Å². The second-order valence-electron chi connectivity index (χ2n) is 5.50. The summed E-state index contributed by atoms with van der Waals surface area (Å²) in [6.45, 7) is 2.46. The van der Waals surface area contributed by atoms with Crippen molar-refractivity contribution in [3.63, 3.8) is 0 Å². The maximum absolute atomic E-state index is 12.3. The SMILES string of the molecule is CC(NC(=O)N(C)Cc1ccccc1)c1nnc2ccccn12. The van der Waals surface area contributed by atoms with E-state index in [1.807, 2.05) is 66.1 Å². The van der Waals surface area contributed by atoms with E-state index in [0.29, 0.717) is 12.4 Å². The molecule has 2 amide bonds. The molecule has 118 valence electrons. The highest BCUT2D eigenvalue weighted by Gasteiger charge is 2.17. The predicted molar refractivity (Wildman–Crippen MR) is 87.8 cm³/mol. The number of pyridine rings is 1. The van der Waals surface area contributed by atoms with Gasteiger partial charge in [0.15, 0.2) is 11.5 Å². The number of nitrogens with zero attached hydrogens (tertiary/aromatic N) is 4. The van der Waals surface area contributed by atoms with Gasteiger partial charge in [0, 0.05) is 19.8 Å². The molecule has 6 heteroatoms. The highest BCUT2D eigenvalue weighted by molar-refractivity contribution is 5.74. The number of hydrogen-bond acceptors (Lipinski definition) is 3. The summed E-state index contributed by atoms with van der Waals surface area (Å²) in [7, 11) is 1.77. The number of carbonyl (C=O) groups is 1. The normalized spacial score (nSPS) is 12.1. The molecule has 1 aromatic carbocycles. The fourth-order valence-corrected chi connectivity index (χ4v) is 2.44. The summed E-state index contributed by atoms with van der Waals surface area (Å²) in [5.41, 5.74) is 1.85. The third-order valence-corrected chi connectivity index (χ3v) is 3.68. The topological polar surface area (TPSA) is 62.5 Å². The van der Waals surface area contributed by atoms with Gasteiger partial charge in [0.25, 0.3) is 0 Å². The van der Waals surface area contributed by atoms with Gasteiger partial charge >= 0.3 is 6.03 Å². The lowest BCUT2D eigenvalue weighted by Gasteiger charge is -2.20. The Balaban J connectivity index is 1.67. The molecule has 2 heterocycles. The summed E-state index contributed by atoms with van der Waals surface area (Å²) in [5.74, 6) is 0.710. The molecule has 0 aliphatic rings. The Morgan fingerprint density at radius 1 is 1.17 bits per heavy atom. The van der Waals surface area contributed by atoms with Gasteiger partial charge in [-0.3, -0.25) is 4.40 Å². The van der Waals surface area contributed by atoms with Crippen molar-refractivity contribution < 1.29 is 4.79 Å². The minimum absolute atomic E-state index is 0.144. The zero-order valence-corrected chi connectivity index (χ0v) is 13.2. The van der Waals surface area contributed by atoms with E-state index in [1.54, 1.807) is 11.9 Å². The van der Waals surface area contributed by atoms with Gasteiger partial charge < -0.3 is 10.2 Å². The molecule has 3 rings (SSSR count). The molecule has 0 fully saturated rings. The molecule has 23 heavy (non-hydrogen) atoms. The summed E-state index contributed by atoms with van der Waals surface area (Å²) >= 11 is 0. The number of benzene rings is 1. The second-order valence-corrected chi connectivity index (χ2v) is 5.50. The molecule has 0 bridgehead atoms. The molecule has 2 aromatic heterocycles. The molecular weight excluding hydrogens is 290 g/mol. The van der Waals surface area contributed by atoms with Gasteiger partial charge in [0.2, 0.25) is 0 Å². The van der Waals surface area contributed by atoms with Crippen LogP contribution in [0.1, 0.15) is 24.4 Å². The first-order chi connectivity index (χ1) is 11.1. The van der Waals surface area contributed by atoms with E-state index in [1.165, 1.54) is 0 Å². The van der Waals surface area contributed by atoms with Crippen LogP contribution in [0.5, 0.6) is 0 Å². The number of amides is 2. The first-order valence-corrected chi connectivity index (χ1v) is 7.50. The standard InChI is InChI=1S/C17H19N5O/c1-13(16-20-19-15-10-6-7-11-22(15)16)18-17(23)21(2)12-14-8-4-3-5-9-14/h3-11,13H,12H2,1-2H3,(H,18,23). The molecule has 3 aromatic rings. The Hall–Kier alpha value is -2.89. The van der Waals surface area contributed by atoms with Crippen LogP contribution in [0.25, 0.3) is 5.65 Å². The smallest absolute Gasteiger partial charge is 0.318 e. The molecule has 0 aliphatic carbocycles. The van der Waals surface area contributed by atoms with Crippen LogP contribution < -0.4 is 5.32 Å². The van der Waals surface area contributed by atoms with Crippen LogP contribution >= 0.6 is 0 Å². The maximum atomic E-state index is 12.3. The minimum Gasteiger partial charge on any atom is -0.328 e. The van der Waals surface area contributed by atoms with Crippen molar-refractivity contribution in [3.05, 3.63) is 66.1 Å². The largest absolute Gasteiger partial charge is 0.328 e. The molecule has 0 aliphatic heterocycles. The molecule has 1 N–H and O–H groups in total. The van der Waals surface area contributed by atoms with Crippen LogP contribution in [0.2, 0.25) is 0 Å². The van der Waals surface area contributed by atoms with E-state index < -0.39 is 0 Å². The number of nitrogens with one attached hydrogen (secondary N) is 1. The Morgan fingerprint density at radius 3 is 2.70 bits per heavy atom. The van der Waals surface area contributed by atoms with Crippen molar-refractivity contribution in [1.29, 1.82) is 0 Å².